The van der Waals surface area contributed by atoms with Crippen LogP contribution in [0.4, 0.5) is 5.69 Å². The zero-order chi connectivity index (χ0) is 18.4. The molecule has 0 saturated carbocycles. The zero-order valence-corrected chi connectivity index (χ0v) is 13.8. The van der Waals surface area contributed by atoms with E-state index in [9.17, 15) is 28.1 Å². The van der Waals surface area contributed by atoms with Gasteiger partial charge >= 0.3 is 5.97 Å². The van der Waals surface area contributed by atoms with Gasteiger partial charge in [0, 0.05) is 6.07 Å². The van der Waals surface area contributed by atoms with E-state index in [1.807, 2.05) is 0 Å². The van der Waals surface area contributed by atoms with E-state index < -0.39 is 33.4 Å². The molecule has 1 amide bonds. The van der Waals surface area contributed by atoms with Crippen LogP contribution < -0.4 is 0 Å². The van der Waals surface area contributed by atoms with E-state index in [0.717, 1.165) is 0 Å². The second-order valence-corrected chi connectivity index (χ2v) is 7.02. The van der Waals surface area contributed by atoms with Crippen molar-refractivity contribution in [1.29, 1.82) is 0 Å². The van der Waals surface area contributed by atoms with Gasteiger partial charge in [0.2, 0.25) is 0 Å². The van der Waals surface area contributed by atoms with Gasteiger partial charge in [-0.1, -0.05) is 18.2 Å². The standard InChI is InChI=1S/C15H12N2O7S/c1-2-24-12(18)8-16-15(19)14-11(25(16,22)23)7-6-9-4-3-5-10(13(9)14)17(20)21/h3-7H,2,8H2,1H3. The molecule has 0 radical (unpaired) electrons. The molecule has 2 aromatic carbocycles. The van der Waals surface area contributed by atoms with Crippen LogP contribution in [0.3, 0.4) is 0 Å². The first kappa shape index (κ1) is 16.8. The van der Waals surface area contributed by atoms with Gasteiger partial charge in [-0.2, -0.15) is 0 Å². The average molecular weight is 364 g/mol. The molecule has 0 spiro atoms. The number of sulfonamides is 1. The van der Waals surface area contributed by atoms with Gasteiger partial charge in [0.15, 0.2) is 0 Å². The van der Waals surface area contributed by atoms with Crippen LogP contribution >= 0.6 is 0 Å². The highest BCUT2D eigenvalue weighted by atomic mass is 32.2. The summed E-state index contributed by atoms with van der Waals surface area (Å²) in [5.41, 5.74) is -0.676. The Kier molecular flexibility index (Phi) is 3.91. The summed E-state index contributed by atoms with van der Waals surface area (Å²) in [6, 6.07) is 6.77. The molecule has 25 heavy (non-hydrogen) atoms. The molecule has 0 unspecified atom stereocenters. The molecule has 0 atom stereocenters. The van der Waals surface area contributed by atoms with Crippen molar-refractivity contribution in [2.45, 2.75) is 11.8 Å². The Hall–Kier alpha value is -3.01. The maximum atomic E-state index is 12.7. The minimum atomic E-state index is -4.28. The number of nitro groups is 1. The summed E-state index contributed by atoms with van der Waals surface area (Å²) in [6.07, 6.45) is 0. The largest absolute Gasteiger partial charge is 0.465 e. The SMILES string of the molecule is CCOC(=O)CN1C(=O)c2c(ccc3cccc([N+](=O)[O-])c23)S1(=O)=O. The number of fused-ring (bicyclic) bond motifs is 3. The third kappa shape index (κ3) is 2.50. The van der Waals surface area contributed by atoms with Crippen molar-refractivity contribution in [1.82, 2.24) is 4.31 Å². The van der Waals surface area contributed by atoms with Crippen LogP contribution in [0.25, 0.3) is 10.8 Å². The van der Waals surface area contributed by atoms with Gasteiger partial charge in [0.1, 0.15) is 11.4 Å². The number of carbonyl (C=O) groups is 2. The highest BCUT2D eigenvalue weighted by Gasteiger charge is 2.44. The number of nitrogens with zero attached hydrogens (tertiary/aromatic N) is 2. The molecule has 1 aliphatic rings. The highest BCUT2D eigenvalue weighted by molar-refractivity contribution is 7.90. The Morgan fingerprint density at radius 3 is 2.64 bits per heavy atom. The topological polar surface area (TPSA) is 124 Å². The molecule has 0 bridgehead atoms. The summed E-state index contributed by atoms with van der Waals surface area (Å²) in [5.74, 6) is -1.87. The van der Waals surface area contributed by atoms with Crippen LogP contribution in [0.15, 0.2) is 35.2 Å². The van der Waals surface area contributed by atoms with Crippen LogP contribution in [0.2, 0.25) is 0 Å². The number of non-ortho nitro benzene ring substituents is 1. The number of hydrogen-bond acceptors (Lipinski definition) is 7. The number of ether oxygens (including phenoxy) is 1. The number of carbonyl (C=O) groups excluding carboxylic acids is 2. The minimum Gasteiger partial charge on any atom is -0.465 e. The highest BCUT2D eigenvalue weighted by Crippen LogP contribution is 2.39. The number of benzene rings is 2. The molecule has 9 nitrogen and oxygen atoms in total. The van der Waals surface area contributed by atoms with Crippen molar-refractivity contribution in [2.24, 2.45) is 0 Å². The Balaban J connectivity index is 2.25. The lowest BCUT2D eigenvalue weighted by Gasteiger charge is -2.13. The van der Waals surface area contributed by atoms with Crippen LogP contribution in [-0.2, 0) is 19.6 Å². The summed E-state index contributed by atoms with van der Waals surface area (Å²) in [7, 11) is -4.28. The predicted octanol–water partition coefficient (Wildman–Crippen LogP) is 1.46. The first-order valence-corrected chi connectivity index (χ1v) is 8.66. The van der Waals surface area contributed by atoms with Crippen molar-refractivity contribution >= 4 is 38.4 Å². The molecule has 1 aliphatic heterocycles. The summed E-state index contributed by atoms with van der Waals surface area (Å²) in [4.78, 5) is 34.5. The fourth-order valence-corrected chi connectivity index (χ4v) is 4.26. The second-order valence-electron chi connectivity index (χ2n) is 5.19. The van der Waals surface area contributed by atoms with Gasteiger partial charge in [-0.05, 0) is 18.4 Å². The van der Waals surface area contributed by atoms with Crippen molar-refractivity contribution < 1.29 is 27.7 Å². The molecule has 0 N–H and O–H groups in total. The fraction of sp³-hybridized carbons (Fsp3) is 0.200. The van der Waals surface area contributed by atoms with Gasteiger partial charge in [-0.25, -0.2) is 12.7 Å². The molecule has 0 aliphatic carbocycles. The molecular weight excluding hydrogens is 352 g/mol. The predicted molar refractivity (Wildman–Crippen MR) is 85.5 cm³/mol. The third-order valence-corrected chi connectivity index (χ3v) is 5.54. The lowest BCUT2D eigenvalue weighted by atomic mass is 10.0. The molecule has 2 aromatic rings. The Bertz CT molecular complexity index is 1030. The van der Waals surface area contributed by atoms with Gasteiger partial charge in [0.05, 0.1) is 22.5 Å². The zero-order valence-electron chi connectivity index (χ0n) is 13.0. The Morgan fingerprint density at radius 1 is 1.28 bits per heavy atom. The summed E-state index contributed by atoms with van der Waals surface area (Å²) in [6.45, 7) is 0.790. The summed E-state index contributed by atoms with van der Waals surface area (Å²) in [5, 5.41) is 11.6. The number of nitro benzene ring substituents is 1. The van der Waals surface area contributed by atoms with E-state index in [0.29, 0.717) is 9.69 Å². The van der Waals surface area contributed by atoms with E-state index in [1.165, 1.54) is 30.3 Å². The van der Waals surface area contributed by atoms with Crippen LogP contribution in [-0.4, -0.2) is 42.7 Å². The van der Waals surface area contributed by atoms with E-state index in [2.05, 4.69) is 4.74 Å². The maximum absolute atomic E-state index is 12.7. The fourth-order valence-electron chi connectivity index (χ4n) is 2.75. The minimum absolute atomic E-state index is 0.0300. The lowest BCUT2D eigenvalue weighted by molar-refractivity contribution is -0.383. The Morgan fingerprint density at radius 2 is 2.00 bits per heavy atom. The number of esters is 1. The van der Waals surface area contributed by atoms with Crippen LogP contribution in [0, 0.1) is 10.1 Å². The van der Waals surface area contributed by atoms with Gasteiger partial charge in [-0.3, -0.25) is 19.7 Å². The lowest BCUT2D eigenvalue weighted by Crippen LogP contribution is -2.35. The average Bonchev–Trinajstić information content (AvgIpc) is 2.75. The van der Waals surface area contributed by atoms with Crippen molar-refractivity contribution in [2.75, 3.05) is 13.2 Å². The van der Waals surface area contributed by atoms with Gasteiger partial charge in [-0.15, -0.1) is 0 Å². The third-order valence-electron chi connectivity index (χ3n) is 3.77. The van der Waals surface area contributed by atoms with Crippen molar-refractivity contribution in [3.63, 3.8) is 0 Å². The molecule has 0 fully saturated rings. The molecule has 0 aromatic heterocycles. The van der Waals surface area contributed by atoms with Crippen molar-refractivity contribution in [3.05, 3.63) is 46.0 Å². The van der Waals surface area contributed by atoms with Crippen LogP contribution in [0.5, 0.6) is 0 Å². The van der Waals surface area contributed by atoms with E-state index >= 15 is 0 Å². The normalized spacial score (nSPS) is 15.2. The number of amides is 1. The molecule has 130 valence electrons. The van der Waals surface area contributed by atoms with E-state index in [-0.39, 0.29) is 28.1 Å². The molecule has 3 rings (SSSR count). The first-order valence-electron chi connectivity index (χ1n) is 7.22. The second kappa shape index (κ2) is 5.81. The molecular formula is C15H12N2O7S. The summed E-state index contributed by atoms with van der Waals surface area (Å²) >= 11 is 0. The maximum Gasteiger partial charge on any atom is 0.326 e. The molecule has 1 heterocycles. The van der Waals surface area contributed by atoms with Gasteiger partial charge < -0.3 is 4.74 Å². The first-order chi connectivity index (χ1) is 11.8. The van der Waals surface area contributed by atoms with Crippen molar-refractivity contribution in [3.8, 4) is 0 Å². The Labute approximate surface area is 142 Å². The molecule has 10 heteroatoms. The number of rotatable bonds is 4. The van der Waals surface area contributed by atoms with E-state index in [1.54, 1.807) is 6.92 Å². The number of hydrogen-bond donors (Lipinski definition) is 0. The van der Waals surface area contributed by atoms with E-state index in [4.69, 9.17) is 0 Å². The monoisotopic (exact) mass is 364 g/mol. The smallest absolute Gasteiger partial charge is 0.326 e. The summed E-state index contributed by atoms with van der Waals surface area (Å²) < 4.78 is 30.2. The van der Waals surface area contributed by atoms with Gasteiger partial charge in [0.25, 0.3) is 21.6 Å². The quantitative estimate of drug-likeness (QED) is 0.457. The molecule has 0 saturated heterocycles. The van der Waals surface area contributed by atoms with Crippen LogP contribution in [0.1, 0.15) is 17.3 Å².